The van der Waals surface area contributed by atoms with Gasteiger partial charge in [-0.05, 0) is 46.7 Å². The van der Waals surface area contributed by atoms with Crippen molar-refractivity contribution in [1.82, 2.24) is 9.62 Å². The Morgan fingerprint density at radius 2 is 1.83 bits per heavy atom. The molecule has 0 unspecified atom stereocenters. The van der Waals surface area contributed by atoms with Gasteiger partial charge in [0.15, 0.2) is 0 Å². The third-order valence-electron chi connectivity index (χ3n) is 3.11. The zero-order valence-corrected chi connectivity index (χ0v) is 12.1. The number of carbonyl (C=O) groups is 1. The fourth-order valence-corrected chi connectivity index (χ4v) is 3.61. The number of hydrogen-bond acceptors (Lipinski definition) is 4. The van der Waals surface area contributed by atoms with Crippen LogP contribution in [0.2, 0.25) is 0 Å². The minimum absolute atomic E-state index is 0.136. The highest BCUT2D eigenvalue weighted by Gasteiger charge is 2.40. The van der Waals surface area contributed by atoms with Crippen LogP contribution in [0.1, 0.15) is 33.6 Å². The Bertz CT molecular complexity index is 394. The van der Waals surface area contributed by atoms with Crippen LogP contribution in [0, 0.1) is 0 Å². The van der Waals surface area contributed by atoms with Gasteiger partial charge in [-0.2, -0.15) is 4.31 Å². The van der Waals surface area contributed by atoms with E-state index in [1.54, 1.807) is 20.8 Å². The molecule has 106 valence electrons. The average molecular weight is 277 g/mol. The van der Waals surface area contributed by atoms with Crippen LogP contribution in [-0.4, -0.2) is 49.1 Å². The predicted molar refractivity (Wildman–Crippen MR) is 70.5 cm³/mol. The molecule has 0 radical (unpaired) electrons. The highest BCUT2D eigenvalue weighted by molar-refractivity contribution is 7.90. The SMILES string of the molecule is CC(C)(C)S(=O)(=O)N(CC(N)=O)C1CCNCC1. The third-order valence-corrected chi connectivity index (χ3v) is 5.70. The monoisotopic (exact) mass is 277 g/mol. The lowest BCUT2D eigenvalue weighted by atomic mass is 10.1. The molecule has 7 heteroatoms. The maximum atomic E-state index is 12.5. The molecule has 0 bridgehead atoms. The lowest BCUT2D eigenvalue weighted by Crippen LogP contribution is -2.53. The van der Waals surface area contributed by atoms with E-state index in [1.165, 1.54) is 4.31 Å². The van der Waals surface area contributed by atoms with Gasteiger partial charge < -0.3 is 11.1 Å². The van der Waals surface area contributed by atoms with Gasteiger partial charge in [0.25, 0.3) is 0 Å². The summed E-state index contributed by atoms with van der Waals surface area (Å²) in [6.45, 7) is 6.20. The molecule has 0 aromatic carbocycles. The van der Waals surface area contributed by atoms with Gasteiger partial charge in [-0.25, -0.2) is 8.42 Å². The van der Waals surface area contributed by atoms with E-state index in [2.05, 4.69) is 5.32 Å². The molecule has 0 aromatic heterocycles. The smallest absolute Gasteiger partial charge is 0.232 e. The van der Waals surface area contributed by atoms with Gasteiger partial charge in [-0.15, -0.1) is 0 Å². The van der Waals surface area contributed by atoms with E-state index in [-0.39, 0.29) is 12.6 Å². The molecule has 1 aliphatic heterocycles. The summed E-state index contributed by atoms with van der Waals surface area (Å²) in [7, 11) is -3.53. The Morgan fingerprint density at radius 1 is 1.33 bits per heavy atom. The Balaban J connectivity index is 3.01. The maximum Gasteiger partial charge on any atom is 0.232 e. The molecule has 1 rings (SSSR count). The summed E-state index contributed by atoms with van der Waals surface area (Å²) in [5.41, 5.74) is 5.18. The third kappa shape index (κ3) is 3.43. The number of nitrogens with zero attached hydrogens (tertiary/aromatic N) is 1. The van der Waals surface area contributed by atoms with Crippen molar-refractivity contribution in [2.24, 2.45) is 5.73 Å². The lowest BCUT2D eigenvalue weighted by Gasteiger charge is -2.37. The average Bonchev–Trinajstić information content (AvgIpc) is 2.25. The highest BCUT2D eigenvalue weighted by atomic mass is 32.2. The molecule has 1 aliphatic rings. The number of rotatable bonds is 4. The molecule has 0 aromatic rings. The van der Waals surface area contributed by atoms with E-state index in [4.69, 9.17) is 5.73 Å². The molecule has 1 saturated heterocycles. The van der Waals surface area contributed by atoms with Crippen LogP contribution in [-0.2, 0) is 14.8 Å². The number of amides is 1. The van der Waals surface area contributed by atoms with Crippen LogP contribution in [0.5, 0.6) is 0 Å². The first-order valence-electron chi connectivity index (χ1n) is 6.16. The molecule has 0 atom stereocenters. The number of hydrogen-bond donors (Lipinski definition) is 2. The van der Waals surface area contributed by atoms with Crippen LogP contribution in [0.25, 0.3) is 0 Å². The number of nitrogens with two attached hydrogens (primary N) is 1. The number of primary amides is 1. The molecule has 0 saturated carbocycles. The van der Waals surface area contributed by atoms with E-state index in [1.807, 2.05) is 0 Å². The second-order valence-electron chi connectivity index (χ2n) is 5.61. The van der Waals surface area contributed by atoms with Gasteiger partial charge in [-0.3, -0.25) is 4.79 Å². The van der Waals surface area contributed by atoms with Crippen LogP contribution >= 0.6 is 0 Å². The van der Waals surface area contributed by atoms with Crippen molar-refractivity contribution in [3.05, 3.63) is 0 Å². The number of nitrogens with one attached hydrogen (secondary N) is 1. The first-order chi connectivity index (χ1) is 8.16. The fraction of sp³-hybridized carbons (Fsp3) is 0.909. The standard InChI is InChI=1S/C11H23N3O3S/c1-11(2,3)18(16,17)14(8-10(12)15)9-4-6-13-7-5-9/h9,13H,4-8H2,1-3H3,(H2,12,15). The summed E-state index contributed by atoms with van der Waals surface area (Å²) in [6, 6.07) is -0.136. The first-order valence-corrected chi connectivity index (χ1v) is 7.60. The van der Waals surface area contributed by atoms with Crippen LogP contribution < -0.4 is 11.1 Å². The second kappa shape index (κ2) is 5.54. The van der Waals surface area contributed by atoms with Gasteiger partial charge >= 0.3 is 0 Å². The van der Waals surface area contributed by atoms with E-state index in [0.29, 0.717) is 12.8 Å². The molecule has 18 heavy (non-hydrogen) atoms. The minimum Gasteiger partial charge on any atom is -0.369 e. The summed E-state index contributed by atoms with van der Waals surface area (Å²) in [5.74, 6) is -0.610. The van der Waals surface area contributed by atoms with Gasteiger partial charge in [-0.1, -0.05) is 0 Å². The lowest BCUT2D eigenvalue weighted by molar-refractivity contribution is -0.118. The summed E-state index contributed by atoms with van der Waals surface area (Å²) in [5, 5.41) is 3.18. The normalized spacial score (nSPS) is 19.1. The molecule has 1 fully saturated rings. The minimum atomic E-state index is -3.53. The van der Waals surface area contributed by atoms with Crippen LogP contribution in [0.3, 0.4) is 0 Å². The molecule has 3 N–H and O–H groups in total. The summed E-state index contributed by atoms with van der Waals surface area (Å²) in [6.07, 6.45) is 1.42. The van der Waals surface area contributed by atoms with Crippen molar-refractivity contribution in [1.29, 1.82) is 0 Å². The topological polar surface area (TPSA) is 92.5 Å². The van der Waals surface area contributed by atoms with Crippen molar-refractivity contribution in [3.8, 4) is 0 Å². The molecule has 1 amide bonds. The van der Waals surface area contributed by atoms with Gasteiger partial charge in [0.2, 0.25) is 15.9 Å². The number of carbonyl (C=O) groups excluding carboxylic acids is 1. The quantitative estimate of drug-likeness (QED) is 0.735. The second-order valence-corrected chi connectivity index (χ2v) is 8.25. The first kappa shape index (κ1) is 15.4. The molecule has 0 spiro atoms. The molecule has 1 heterocycles. The molecule has 6 nitrogen and oxygen atoms in total. The van der Waals surface area contributed by atoms with Crippen molar-refractivity contribution in [3.63, 3.8) is 0 Å². The summed E-state index contributed by atoms with van der Waals surface area (Å²) >= 11 is 0. The molecular weight excluding hydrogens is 254 g/mol. The fourth-order valence-electron chi connectivity index (χ4n) is 2.01. The Hall–Kier alpha value is -0.660. The van der Waals surface area contributed by atoms with Crippen molar-refractivity contribution in [2.45, 2.75) is 44.4 Å². The zero-order valence-electron chi connectivity index (χ0n) is 11.3. The van der Waals surface area contributed by atoms with Gasteiger partial charge in [0.05, 0.1) is 11.3 Å². The van der Waals surface area contributed by atoms with E-state index >= 15 is 0 Å². The van der Waals surface area contributed by atoms with Gasteiger partial charge in [0, 0.05) is 6.04 Å². The van der Waals surface area contributed by atoms with Gasteiger partial charge in [0.1, 0.15) is 0 Å². The molecule has 0 aliphatic carbocycles. The summed E-state index contributed by atoms with van der Waals surface area (Å²) < 4.78 is 25.3. The largest absolute Gasteiger partial charge is 0.369 e. The van der Waals surface area contributed by atoms with Crippen LogP contribution in [0.15, 0.2) is 0 Å². The predicted octanol–water partition coefficient (Wildman–Crippen LogP) is -0.346. The number of sulfonamides is 1. The Kier molecular flexibility index (Phi) is 4.74. The van der Waals surface area contributed by atoms with E-state index < -0.39 is 20.7 Å². The van der Waals surface area contributed by atoms with Crippen molar-refractivity contribution < 1.29 is 13.2 Å². The number of piperidine rings is 1. The highest BCUT2D eigenvalue weighted by Crippen LogP contribution is 2.25. The molecular formula is C11H23N3O3S. The van der Waals surface area contributed by atoms with E-state index in [9.17, 15) is 13.2 Å². The zero-order chi connectivity index (χ0) is 14.0. The van der Waals surface area contributed by atoms with Crippen LogP contribution in [0.4, 0.5) is 0 Å². The summed E-state index contributed by atoms with van der Waals surface area (Å²) in [4.78, 5) is 11.1. The van der Waals surface area contributed by atoms with Crippen molar-refractivity contribution in [2.75, 3.05) is 19.6 Å². The maximum absolute atomic E-state index is 12.5. The Labute approximate surface area is 109 Å². The van der Waals surface area contributed by atoms with Crippen molar-refractivity contribution >= 4 is 15.9 Å². The Morgan fingerprint density at radius 3 is 2.22 bits per heavy atom. The van der Waals surface area contributed by atoms with E-state index in [0.717, 1.165) is 13.1 Å².